The number of piperidine rings is 1. The highest BCUT2D eigenvalue weighted by molar-refractivity contribution is 7.90. The van der Waals surface area contributed by atoms with Crippen LogP contribution in [0.15, 0.2) is 35.3 Å². The molecule has 1 N–H and O–H groups in total. The Labute approximate surface area is 162 Å². The molecule has 1 aromatic rings. The normalized spacial score (nSPS) is 20.4. The van der Waals surface area contributed by atoms with Crippen LogP contribution in [0.1, 0.15) is 32.6 Å². The number of ether oxygens (including phenoxy) is 1. The Balaban J connectivity index is 1.55. The molecule has 1 aliphatic carbocycles. The summed E-state index contributed by atoms with van der Waals surface area (Å²) in [4.78, 5) is 7.06. The first-order valence-electron chi connectivity index (χ1n) is 9.82. The van der Waals surface area contributed by atoms with Crippen molar-refractivity contribution in [2.24, 2.45) is 10.4 Å². The number of likely N-dealkylation sites (tertiary alicyclic amines) is 1. The first-order valence-corrected chi connectivity index (χ1v) is 11.9. The van der Waals surface area contributed by atoms with Crippen molar-refractivity contribution in [2.45, 2.75) is 38.7 Å². The van der Waals surface area contributed by atoms with Crippen LogP contribution >= 0.6 is 0 Å². The average molecular weight is 394 g/mol. The van der Waals surface area contributed by atoms with Crippen LogP contribution < -0.4 is 10.1 Å². The molecular weight excluding hydrogens is 362 g/mol. The number of guanidine groups is 1. The molecule has 0 aromatic heterocycles. The molecule has 150 valence electrons. The van der Waals surface area contributed by atoms with Gasteiger partial charge in [-0.2, -0.15) is 0 Å². The zero-order chi connectivity index (χ0) is 19.3. The van der Waals surface area contributed by atoms with Gasteiger partial charge < -0.3 is 15.0 Å². The van der Waals surface area contributed by atoms with Crippen LogP contribution in [0.4, 0.5) is 0 Å². The van der Waals surface area contributed by atoms with Crippen molar-refractivity contribution in [3.05, 3.63) is 30.3 Å². The second-order valence-electron chi connectivity index (χ2n) is 7.86. The first kappa shape index (κ1) is 20.0. The van der Waals surface area contributed by atoms with Gasteiger partial charge in [0.25, 0.3) is 0 Å². The van der Waals surface area contributed by atoms with Gasteiger partial charge in [-0.05, 0) is 31.9 Å². The van der Waals surface area contributed by atoms with Gasteiger partial charge in [0.2, 0.25) is 0 Å². The zero-order valence-electron chi connectivity index (χ0n) is 16.4. The lowest BCUT2D eigenvalue weighted by atomic mass is 10.1. The van der Waals surface area contributed by atoms with E-state index in [9.17, 15) is 8.42 Å². The average Bonchev–Trinajstić information content (AvgIpc) is 3.38. The van der Waals surface area contributed by atoms with Gasteiger partial charge in [-0.3, -0.25) is 4.99 Å². The van der Waals surface area contributed by atoms with Crippen LogP contribution in [0.5, 0.6) is 5.75 Å². The number of rotatable bonds is 7. The number of para-hydroxylation sites is 1. The third-order valence-corrected chi connectivity index (χ3v) is 6.35. The van der Waals surface area contributed by atoms with E-state index in [0.29, 0.717) is 6.54 Å². The van der Waals surface area contributed by atoms with Gasteiger partial charge in [-0.15, -0.1) is 0 Å². The Morgan fingerprint density at radius 2 is 1.93 bits per heavy atom. The molecule has 7 heteroatoms. The highest BCUT2D eigenvalue weighted by Gasteiger charge is 2.45. The summed E-state index contributed by atoms with van der Waals surface area (Å²) in [5.74, 6) is 2.07. The highest BCUT2D eigenvalue weighted by atomic mass is 32.2. The summed E-state index contributed by atoms with van der Waals surface area (Å²) >= 11 is 0. The lowest BCUT2D eigenvalue weighted by molar-refractivity contribution is 0.129. The lowest BCUT2D eigenvalue weighted by Crippen LogP contribution is -2.47. The van der Waals surface area contributed by atoms with E-state index < -0.39 is 9.84 Å². The SMILES string of the molecule is CCNC(=NCC1(CS(C)(=O)=O)CC1)N1CCC(Oc2ccccc2)CC1. The molecule has 0 atom stereocenters. The number of benzene rings is 1. The lowest BCUT2D eigenvalue weighted by Gasteiger charge is -2.34. The van der Waals surface area contributed by atoms with E-state index in [1.54, 1.807) is 0 Å². The first-order chi connectivity index (χ1) is 12.9. The molecule has 1 saturated heterocycles. The van der Waals surface area contributed by atoms with E-state index in [0.717, 1.165) is 57.0 Å². The van der Waals surface area contributed by atoms with Crippen molar-refractivity contribution in [3.8, 4) is 5.75 Å². The number of nitrogens with zero attached hydrogens (tertiary/aromatic N) is 2. The molecule has 0 radical (unpaired) electrons. The molecule has 1 aliphatic heterocycles. The number of nitrogens with one attached hydrogen (secondary N) is 1. The maximum atomic E-state index is 11.7. The van der Waals surface area contributed by atoms with Crippen LogP contribution in [-0.2, 0) is 9.84 Å². The summed E-state index contributed by atoms with van der Waals surface area (Å²) < 4.78 is 29.4. The summed E-state index contributed by atoms with van der Waals surface area (Å²) in [5.41, 5.74) is -0.136. The Morgan fingerprint density at radius 1 is 1.26 bits per heavy atom. The van der Waals surface area contributed by atoms with Crippen LogP contribution in [0.2, 0.25) is 0 Å². The maximum absolute atomic E-state index is 11.7. The van der Waals surface area contributed by atoms with Crippen molar-refractivity contribution in [3.63, 3.8) is 0 Å². The molecule has 1 heterocycles. The van der Waals surface area contributed by atoms with Gasteiger partial charge in [0.05, 0.1) is 5.75 Å². The molecule has 0 bridgehead atoms. The standard InChI is InChI=1S/C20H31N3O3S/c1-3-21-19(22-15-20(11-12-20)16-27(2,24)25)23-13-9-18(10-14-23)26-17-7-5-4-6-8-17/h4-8,18H,3,9-16H2,1-2H3,(H,21,22). The minimum atomic E-state index is -2.96. The van der Waals surface area contributed by atoms with E-state index in [1.165, 1.54) is 6.26 Å². The van der Waals surface area contributed by atoms with Gasteiger partial charge in [0.1, 0.15) is 21.7 Å². The summed E-state index contributed by atoms with van der Waals surface area (Å²) in [5, 5.41) is 3.37. The summed E-state index contributed by atoms with van der Waals surface area (Å²) in [6.07, 6.45) is 5.36. The molecule has 1 saturated carbocycles. The van der Waals surface area contributed by atoms with E-state index in [4.69, 9.17) is 9.73 Å². The van der Waals surface area contributed by atoms with Crippen molar-refractivity contribution >= 4 is 15.8 Å². The van der Waals surface area contributed by atoms with Gasteiger partial charge in [-0.1, -0.05) is 18.2 Å². The fourth-order valence-electron chi connectivity index (χ4n) is 3.63. The molecule has 3 rings (SSSR count). The van der Waals surface area contributed by atoms with Crippen molar-refractivity contribution < 1.29 is 13.2 Å². The molecular formula is C20H31N3O3S. The number of hydrogen-bond acceptors (Lipinski definition) is 4. The zero-order valence-corrected chi connectivity index (χ0v) is 17.2. The van der Waals surface area contributed by atoms with Crippen LogP contribution in [-0.4, -0.2) is 63.6 Å². The largest absolute Gasteiger partial charge is 0.490 e. The fraction of sp³-hybridized carbons (Fsp3) is 0.650. The van der Waals surface area contributed by atoms with Gasteiger partial charge in [-0.25, -0.2) is 8.42 Å². The summed E-state index contributed by atoms with van der Waals surface area (Å²) in [7, 11) is -2.96. The van der Waals surface area contributed by atoms with Crippen LogP contribution in [0.3, 0.4) is 0 Å². The predicted molar refractivity (Wildman–Crippen MR) is 109 cm³/mol. The van der Waals surface area contributed by atoms with Crippen molar-refractivity contribution in [2.75, 3.05) is 38.2 Å². The van der Waals surface area contributed by atoms with E-state index in [-0.39, 0.29) is 17.3 Å². The minimum Gasteiger partial charge on any atom is -0.490 e. The Bertz CT molecular complexity index is 737. The second-order valence-corrected chi connectivity index (χ2v) is 10.00. The quantitative estimate of drug-likeness (QED) is 0.569. The molecule has 1 aromatic carbocycles. The molecule has 6 nitrogen and oxygen atoms in total. The number of sulfone groups is 1. The molecule has 0 spiro atoms. The second kappa shape index (κ2) is 8.50. The van der Waals surface area contributed by atoms with Gasteiger partial charge >= 0.3 is 0 Å². The highest BCUT2D eigenvalue weighted by Crippen LogP contribution is 2.47. The molecule has 2 fully saturated rings. The molecule has 0 unspecified atom stereocenters. The van der Waals surface area contributed by atoms with E-state index >= 15 is 0 Å². The summed E-state index contributed by atoms with van der Waals surface area (Å²) in [6.45, 7) is 5.23. The molecule has 2 aliphatic rings. The number of aliphatic imine (C=N–C) groups is 1. The smallest absolute Gasteiger partial charge is 0.193 e. The molecule has 27 heavy (non-hydrogen) atoms. The minimum absolute atomic E-state index is 0.136. The maximum Gasteiger partial charge on any atom is 0.193 e. The monoisotopic (exact) mass is 393 g/mol. The van der Waals surface area contributed by atoms with Crippen LogP contribution in [0.25, 0.3) is 0 Å². The third-order valence-electron chi connectivity index (χ3n) is 5.21. The van der Waals surface area contributed by atoms with E-state index in [1.807, 2.05) is 30.3 Å². The molecule has 0 amide bonds. The Morgan fingerprint density at radius 3 is 2.48 bits per heavy atom. The Hall–Kier alpha value is -1.76. The van der Waals surface area contributed by atoms with Crippen molar-refractivity contribution in [1.29, 1.82) is 0 Å². The fourth-order valence-corrected chi connectivity index (χ4v) is 5.12. The Kier molecular flexibility index (Phi) is 6.29. The van der Waals surface area contributed by atoms with Gasteiger partial charge in [0, 0.05) is 50.7 Å². The predicted octanol–water partition coefficient (Wildman–Crippen LogP) is 2.32. The summed E-state index contributed by atoms with van der Waals surface area (Å²) in [6, 6.07) is 9.96. The van der Waals surface area contributed by atoms with Gasteiger partial charge in [0.15, 0.2) is 5.96 Å². The van der Waals surface area contributed by atoms with E-state index in [2.05, 4.69) is 17.1 Å². The topological polar surface area (TPSA) is 71.0 Å². The third kappa shape index (κ3) is 6.13. The number of hydrogen-bond donors (Lipinski definition) is 1. The van der Waals surface area contributed by atoms with Crippen LogP contribution in [0, 0.1) is 5.41 Å². The van der Waals surface area contributed by atoms with Crippen molar-refractivity contribution in [1.82, 2.24) is 10.2 Å².